The van der Waals surface area contributed by atoms with Crippen molar-refractivity contribution in [3.63, 3.8) is 0 Å². The molecule has 150 valence electrons. The molecule has 0 aliphatic carbocycles. The van der Waals surface area contributed by atoms with Crippen molar-refractivity contribution in [3.05, 3.63) is 53.6 Å². The van der Waals surface area contributed by atoms with Crippen LogP contribution in [0.25, 0.3) is 0 Å². The molecule has 4 rings (SSSR count). The number of methoxy groups -OCH3 is 2. The number of nitrogens with zero attached hydrogens (tertiary/aromatic N) is 2. The van der Waals surface area contributed by atoms with Gasteiger partial charge in [-0.05, 0) is 48.2 Å². The fourth-order valence-electron chi connectivity index (χ4n) is 4.26. The van der Waals surface area contributed by atoms with Gasteiger partial charge in [-0.1, -0.05) is 18.2 Å². The molecule has 2 aliphatic rings. The van der Waals surface area contributed by atoms with Crippen molar-refractivity contribution in [3.8, 4) is 11.5 Å². The maximum Gasteiger partial charge on any atom is 0.161 e. The SMILES string of the molecule is COc1cc2c(cc1OC)C(CCN1CCN(c3ccccc3)CC1)OCC2. The summed E-state index contributed by atoms with van der Waals surface area (Å²) in [5.74, 6) is 1.59. The number of ether oxygens (including phenoxy) is 3. The van der Waals surface area contributed by atoms with Gasteiger partial charge >= 0.3 is 0 Å². The van der Waals surface area contributed by atoms with E-state index in [1.807, 2.05) is 0 Å². The second-order valence-electron chi connectivity index (χ2n) is 7.47. The van der Waals surface area contributed by atoms with Crippen LogP contribution in [0.3, 0.4) is 0 Å². The number of fused-ring (bicyclic) bond motifs is 1. The summed E-state index contributed by atoms with van der Waals surface area (Å²) in [5.41, 5.74) is 3.90. The maximum absolute atomic E-state index is 6.13. The molecule has 1 saturated heterocycles. The Morgan fingerprint density at radius 2 is 1.68 bits per heavy atom. The molecule has 0 amide bonds. The van der Waals surface area contributed by atoms with Crippen LogP contribution in [-0.4, -0.2) is 58.5 Å². The summed E-state index contributed by atoms with van der Waals surface area (Å²) in [7, 11) is 3.38. The fourth-order valence-corrected chi connectivity index (χ4v) is 4.26. The number of hydrogen-bond acceptors (Lipinski definition) is 5. The molecule has 2 heterocycles. The third kappa shape index (κ3) is 4.10. The van der Waals surface area contributed by atoms with Crippen molar-refractivity contribution in [2.75, 3.05) is 58.5 Å². The van der Waals surface area contributed by atoms with Crippen LogP contribution in [0.4, 0.5) is 5.69 Å². The minimum Gasteiger partial charge on any atom is -0.493 e. The number of rotatable bonds is 6. The van der Waals surface area contributed by atoms with Crippen molar-refractivity contribution in [2.24, 2.45) is 0 Å². The highest BCUT2D eigenvalue weighted by atomic mass is 16.5. The van der Waals surface area contributed by atoms with E-state index in [0.717, 1.165) is 63.7 Å². The minimum atomic E-state index is 0.135. The van der Waals surface area contributed by atoms with Crippen LogP contribution in [0.2, 0.25) is 0 Å². The molecule has 0 saturated carbocycles. The second kappa shape index (κ2) is 8.84. The Bertz CT molecular complexity index is 773. The van der Waals surface area contributed by atoms with E-state index in [9.17, 15) is 0 Å². The summed E-state index contributed by atoms with van der Waals surface area (Å²) in [4.78, 5) is 5.03. The Labute approximate surface area is 167 Å². The number of benzene rings is 2. The zero-order valence-electron chi connectivity index (χ0n) is 16.9. The summed E-state index contributed by atoms with van der Waals surface area (Å²) in [6, 6.07) is 14.9. The molecule has 0 bridgehead atoms. The van der Waals surface area contributed by atoms with Crippen molar-refractivity contribution < 1.29 is 14.2 Å². The quantitative estimate of drug-likeness (QED) is 0.764. The number of para-hydroxylation sites is 1. The molecule has 0 N–H and O–H groups in total. The van der Waals surface area contributed by atoms with E-state index in [1.54, 1.807) is 14.2 Å². The van der Waals surface area contributed by atoms with E-state index in [2.05, 4.69) is 52.3 Å². The van der Waals surface area contributed by atoms with Gasteiger partial charge in [-0.25, -0.2) is 0 Å². The van der Waals surface area contributed by atoms with Crippen LogP contribution in [0.5, 0.6) is 11.5 Å². The first-order chi connectivity index (χ1) is 13.8. The van der Waals surface area contributed by atoms with E-state index in [4.69, 9.17) is 14.2 Å². The first-order valence-corrected chi connectivity index (χ1v) is 10.2. The van der Waals surface area contributed by atoms with Crippen molar-refractivity contribution in [1.29, 1.82) is 0 Å². The van der Waals surface area contributed by atoms with Crippen LogP contribution in [0.15, 0.2) is 42.5 Å². The molecule has 0 spiro atoms. The van der Waals surface area contributed by atoms with E-state index < -0.39 is 0 Å². The molecule has 2 aliphatic heterocycles. The molecule has 1 atom stereocenters. The Kier molecular flexibility index (Phi) is 6.03. The first kappa shape index (κ1) is 19.1. The number of anilines is 1. The predicted octanol–water partition coefficient (Wildman–Crippen LogP) is 3.53. The van der Waals surface area contributed by atoms with Gasteiger partial charge in [0, 0.05) is 38.4 Å². The van der Waals surface area contributed by atoms with Gasteiger partial charge in [0.2, 0.25) is 0 Å². The maximum atomic E-state index is 6.13. The van der Waals surface area contributed by atoms with E-state index in [0.29, 0.717) is 0 Å². The zero-order valence-corrected chi connectivity index (χ0v) is 16.9. The van der Waals surface area contributed by atoms with Crippen molar-refractivity contribution >= 4 is 5.69 Å². The topological polar surface area (TPSA) is 34.2 Å². The Balaban J connectivity index is 1.35. The smallest absolute Gasteiger partial charge is 0.161 e. The third-order valence-corrected chi connectivity index (χ3v) is 5.88. The van der Waals surface area contributed by atoms with Gasteiger partial charge in [0.05, 0.1) is 26.9 Å². The van der Waals surface area contributed by atoms with Crippen LogP contribution in [-0.2, 0) is 11.2 Å². The lowest BCUT2D eigenvalue weighted by Gasteiger charge is -2.37. The Morgan fingerprint density at radius 3 is 2.39 bits per heavy atom. The van der Waals surface area contributed by atoms with E-state index in [1.165, 1.54) is 16.8 Å². The van der Waals surface area contributed by atoms with E-state index >= 15 is 0 Å². The lowest BCUT2D eigenvalue weighted by Crippen LogP contribution is -2.46. The molecule has 0 radical (unpaired) electrons. The average Bonchev–Trinajstić information content (AvgIpc) is 2.77. The molecule has 1 unspecified atom stereocenters. The summed E-state index contributed by atoms with van der Waals surface area (Å²) in [6.45, 7) is 6.19. The lowest BCUT2D eigenvalue weighted by molar-refractivity contribution is 0.0286. The van der Waals surface area contributed by atoms with Crippen LogP contribution in [0.1, 0.15) is 23.7 Å². The molecule has 0 aromatic heterocycles. The molecule has 5 nitrogen and oxygen atoms in total. The van der Waals surface area contributed by atoms with Crippen molar-refractivity contribution in [1.82, 2.24) is 4.90 Å². The van der Waals surface area contributed by atoms with E-state index in [-0.39, 0.29) is 6.10 Å². The molecule has 2 aromatic rings. The first-order valence-electron chi connectivity index (χ1n) is 10.2. The number of piperazine rings is 1. The lowest BCUT2D eigenvalue weighted by atomic mass is 9.94. The summed E-state index contributed by atoms with van der Waals surface area (Å²) in [6.07, 6.45) is 2.08. The normalized spacial score (nSPS) is 19.9. The molecule has 5 heteroatoms. The summed E-state index contributed by atoms with van der Waals surface area (Å²) < 4.78 is 17.1. The second-order valence-corrected chi connectivity index (χ2v) is 7.47. The standard InChI is InChI=1S/C23H30N2O3/c1-26-22-16-18-9-15-28-21(20(18)17-23(22)27-2)8-10-24-11-13-25(14-12-24)19-6-4-3-5-7-19/h3-7,16-17,21H,8-15H2,1-2H3. The molecule has 2 aromatic carbocycles. The highest BCUT2D eigenvalue weighted by Gasteiger charge is 2.25. The van der Waals surface area contributed by atoms with Gasteiger partial charge in [-0.2, -0.15) is 0 Å². The van der Waals surface area contributed by atoms with Crippen LogP contribution < -0.4 is 14.4 Å². The molecule has 28 heavy (non-hydrogen) atoms. The predicted molar refractivity (Wildman–Crippen MR) is 112 cm³/mol. The minimum absolute atomic E-state index is 0.135. The highest BCUT2D eigenvalue weighted by Crippen LogP contribution is 2.38. The fraction of sp³-hybridized carbons (Fsp3) is 0.478. The third-order valence-electron chi connectivity index (χ3n) is 5.88. The monoisotopic (exact) mass is 382 g/mol. The van der Waals surface area contributed by atoms with Crippen LogP contribution >= 0.6 is 0 Å². The van der Waals surface area contributed by atoms with Gasteiger partial charge < -0.3 is 19.1 Å². The van der Waals surface area contributed by atoms with Crippen LogP contribution in [0, 0.1) is 0 Å². The zero-order chi connectivity index (χ0) is 19.3. The van der Waals surface area contributed by atoms with Gasteiger partial charge in [0.25, 0.3) is 0 Å². The largest absolute Gasteiger partial charge is 0.493 e. The molecule has 1 fully saturated rings. The average molecular weight is 383 g/mol. The van der Waals surface area contributed by atoms with Crippen molar-refractivity contribution in [2.45, 2.75) is 18.9 Å². The van der Waals surface area contributed by atoms with Gasteiger partial charge in [-0.3, -0.25) is 4.90 Å². The molecular formula is C23H30N2O3. The van der Waals surface area contributed by atoms with Gasteiger partial charge in [0.1, 0.15) is 0 Å². The summed E-state index contributed by atoms with van der Waals surface area (Å²) >= 11 is 0. The highest BCUT2D eigenvalue weighted by molar-refractivity contribution is 5.49. The molecular weight excluding hydrogens is 352 g/mol. The summed E-state index contributed by atoms with van der Waals surface area (Å²) in [5, 5.41) is 0. The number of hydrogen-bond donors (Lipinski definition) is 0. The van der Waals surface area contributed by atoms with Gasteiger partial charge in [0.15, 0.2) is 11.5 Å². The Hall–Kier alpha value is -2.24. The Morgan fingerprint density at radius 1 is 0.964 bits per heavy atom. The van der Waals surface area contributed by atoms with Gasteiger partial charge in [-0.15, -0.1) is 0 Å².